The van der Waals surface area contributed by atoms with Crippen LogP contribution in [0.25, 0.3) is 5.69 Å². The topological polar surface area (TPSA) is 56.1 Å². The van der Waals surface area contributed by atoms with Crippen LogP contribution in [0.1, 0.15) is 10.5 Å². The first-order valence-electron chi connectivity index (χ1n) is 7.04. The number of hydrogen-bond donors (Lipinski definition) is 1. The summed E-state index contributed by atoms with van der Waals surface area (Å²) in [5, 5.41) is 6.64. The van der Waals surface area contributed by atoms with Crippen LogP contribution < -0.4 is 10.1 Å². The number of benzene rings is 2. The average molecular weight is 329 g/mol. The summed E-state index contributed by atoms with van der Waals surface area (Å²) in [6.45, 7) is 0. The van der Waals surface area contributed by atoms with Gasteiger partial charge in [-0.2, -0.15) is 5.10 Å². The number of para-hydroxylation sites is 1. The Kier molecular flexibility index (Phi) is 4.24. The zero-order valence-corrected chi connectivity index (χ0v) is 12.7. The molecule has 1 amide bonds. The van der Waals surface area contributed by atoms with E-state index in [1.54, 1.807) is 18.2 Å². The number of ether oxygens (including phenoxy) is 1. The van der Waals surface area contributed by atoms with Gasteiger partial charge in [-0.3, -0.25) is 4.79 Å². The molecular formula is C17H13F2N3O2. The van der Waals surface area contributed by atoms with E-state index in [1.807, 2.05) is 0 Å². The van der Waals surface area contributed by atoms with Crippen LogP contribution >= 0.6 is 0 Å². The van der Waals surface area contributed by atoms with Gasteiger partial charge in [0.2, 0.25) is 0 Å². The Hall–Kier alpha value is -3.22. The smallest absolute Gasteiger partial charge is 0.276 e. The molecule has 3 rings (SSSR count). The molecule has 0 aliphatic carbocycles. The van der Waals surface area contributed by atoms with Crippen LogP contribution in [0.4, 0.5) is 14.5 Å². The molecular weight excluding hydrogens is 316 g/mol. The van der Waals surface area contributed by atoms with Crippen LogP contribution in [0.2, 0.25) is 0 Å². The third-order valence-corrected chi connectivity index (χ3v) is 3.33. The van der Waals surface area contributed by atoms with E-state index in [0.717, 1.165) is 6.07 Å². The highest BCUT2D eigenvalue weighted by atomic mass is 19.1. The molecule has 0 fully saturated rings. The standard InChI is InChI=1S/C17H13F2N3O2/c1-24-16-10-11(18)6-7-13(16)20-17(23)14-8-9-22(21-14)15-5-3-2-4-12(15)19/h2-10H,1H3,(H,20,23). The second kappa shape index (κ2) is 6.49. The van der Waals surface area contributed by atoms with Crippen LogP contribution in [0.5, 0.6) is 5.75 Å². The lowest BCUT2D eigenvalue weighted by Gasteiger charge is -2.09. The maximum Gasteiger partial charge on any atom is 0.276 e. The number of aromatic nitrogens is 2. The highest BCUT2D eigenvalue weighted by Crippen LogP contribution is 2.25. The molecule has 1 N–H and O–H groups in total. The van der Waals surface area contributed by atoms with Crippen molar-refractivity contribution in [3.8, 4) is 11.4 Å². The predicted molar refractivity (Wildman–Crippen MR) is 84.4 cm³/mol. The van der Waals surface area contributed by atoms with Crippen molar-refractivity contribution in [1.29, 1.82) is 0 Å². The minimum atomic E-state index is -0.519. The number of halogens is 2. The monoisotopic (exact) mass is 329 g/mol. The first-order valence-corrected chi connectivity index (χ1v) is 7.04. The molecule has 7 heteroatoms. The molecule has 0 saturated carbocycles. The van der Waals surface area contributed by atoms with Crippen LogP contribution in [0.3, 0.4) is 0 Å². The molecule has 122 valence electrons. The maximum absolute atomic E-state index is 13.8. The quantitative estimate of drug-likeness (QED) is 0.798. The second-order valence-corrected chi connectivity index (χ2v) is 4.90. The van der Waals surface area contributed by atoms with Gasteiger partial charge in [0.1, 0.15) is 23.1 Å². The molecule has 0 bridgehead atoms. The first kappa shape index (κ1) is 15.7. The molecule has 0 unspecified atom stereocenters. The van der Waals surface area contributed by atoms with Crippen LogP contribution in [0.15, 0.2) is 54.7 Å². The molecule has 0 spiro atoms. The van der Waals surface area contributed by atoms with Gasteiger partial charge in [-0.05, 0) is 30.3 Å². The van der Waals surface area contributed by atoms with Crippen LogP contribution in [0, 0.1) is 11.6 Å². The van der Waals surface area contributed by atoms with Gasteiger partial charge in [0.25, 0.3) is 5.91 Å². The van der Waals surface area contributed by atoms with Gasteiger partial charge < -0.3 is 10.1 Å². The summed E-state index contributed by atoms with van der Waals surface area (Å²) >= 11 is 0. The van der Waals surface area contributed by atoms with Gasteiger partial charge in [-0.1, -0.05) is 12.1 Å². The van der Waals surface area contributed by atoms with Crippen molar-refractivity contribution in [2.75, 3.05) is 12.4 Å². The predicted octanol–water partition coefficient (Wildman–Crippen LogP) is 3.41. The molecule has 2 aromatic carbocycles. The minimum absolute atomic E-state index is 0.0876. The maximum atomic E-state index is 13.8. The number of nitrogens with zero attached hydrogens (tertiary/aromatic N) is 2. The summed E-state index contributed by atoms with van der Waals surface area (Å²) in [4.78, 5) is 12.3. The molecule has 3 aromatic rings. The molecule has 5 nitrogen and oxygen atoms in total. The molecule has 1 aromatic heterocycles. The highest BCUT2D eigenvalue weighted by Gasteiger charge is 2.14. The molecule has 1 heterocycles. The fourth-order valence-corrected chi connectivity index (χ4v) is 2.17. The largest absolute Gasteiger partial charge is 0.494 e. The van der Waals surface area contributed by atoms with Crippen molar-refractivity contribution in [3.63, 3.8) is 0 Å². The highest BCUT2D eigenvalue weighted by molar-refractivity contribution is 6.03. The van der Waals surface area contributed by atoms with E-state index in [4.69, 9.17) is 4.74 Å². The van der Waals surface area contributed by atoms with Crippen molar-refractivity contribution in [2.45, 2.75) is 0 Å². The summed E-state index contributed by atoms with van der Waals surface area (Å²) in [5.41, 5.74) is 0.630. The number of carbonyl (C=O) groups is 1. The number of carbonyl (C=O) groups excluding carboxylic acids is 1. The Labute approximate surface area is 136 Å². The van der Waals surface area contributed by atoms with Crippen molar-refractivity contribution in [2.24, 2.45) is 0 Å². The van der Waals surface area contributed by atoms with Gasteiger partial charge in [0, 0.05) is 12.3 Å². The number of methoxy groups -OCH3 is 1. The van der Waals surface area contributed by atoms with Crippen molar-refractivity contribution < 1.29 is 18.3 Å². The van der Waals surface area contributed by atoms with E-state index < -0.39 is 17.5 Å². The average Bonchev–Trinajstić information content (AvgIpc) is 3.06. The summed E-state index contributed by atoms with van der Waals surface area (Å²) in [7, 11) is 1.37. The molecule has 0 radical (unpaired) electrons. The van der Waals surface area contributed by atoms with Gasteiger partial charge in [0.15, 0.2) is 5.69 Å². The zero-order valence-electron chi connectivity index (χ0n) is 12.7. The fraction of sp³-hybridized carbons (Fsp3) is 0.0588. The van der Waals surface area contributed by atoms with Crippen molar-refractivity contribution in [1.82, 2.24) is 9.78 Å². The van der Waals surface area contributed by atoms with Gasteiger partial charge in [-0.25, -0.2) is 13.5 Å². The summed E-state index contributed by atoms with van der Waals surface area (Å²) in [6.07, 6.45) is 1.48. The van der Waals surface area contributed by atoms with Crippen LogP contribution in [-0.4, -0.2) is 22.8 Å². The van der Waals surface area contributed by atoms with Crippen molar-refractivity contribution >= 4 is 11.6 Å². The first-order chi connectivity index (χ1) is 11.6. The lowest BCUT2D eigenvalue weighted by atomic mass is 10.2. The number of rotatable bonds is 4. The van der Waals surface area contributed by atoms with Gasteiger partial charge in [0.05, 0.1) is 12.8 Å². The Morgan fingerprint density at radius 1 is 1.17 bits per heavy atom. The fourth-order valence-electron chi connectivity index (χ4n) is 2.17. The van der Waals surface area contributed by atoms with Gasteiger partial charge >= 0.3 is 0 Å². The normalized spacial score (nSPS) is 10.5. The van der Waals surface area contributed by atoms with E-state index in [1.165, 1.54) is 42.3 Å². The third kappa shape index (κ3) is 3.10. The van der Waals surface area contributed by atoms with E-state index in [2.05, 4.69) is 10.4 Å². The third-order valence-electron chi connectivity index (χ3n) is 3.33. The Morgan fingerprint density at radius 3 is 2.71 bits per heavy atom. The van der Waals surface area contributed by atoms with E-state index in [0.29, 0.717) is 5.69 Å². The number of anilines is 1. The number of hydrogen-bond acceptors (Lipinski definition) is 3. The molecule has 24 heavy (non-hydrogen) atoms. The summed E-state index contributed by atoms with van der Waals surface area (Å²) in [5.74, 6) is -1.26. The Bertz CT molecular complexity index is 893. The van der Waals surface area contributed by atoms with E-state index in [-0.39, 0.29) is 17.1 Å². The summed E-state index contributed by atoms with van der Waals surface area (Å²) in [6, 6.07) is 11.3. The number of nitrogens with one attached hydrogen (secondary N) is 1. The second-order valence-electron chi connectivity index (χ2n) is 4.90. The lowest BCUT2D eigenvalue weighted by molar-refractivity contribution is 0.102. The van der Waals surface area contributed by atoms with E-state index >= 15 is 0 Å². The minimum Gasteiger partial charge on any atom is -0.494 e. The lowest BCUT2D eigenvalue weighted by Crippen LogP contribution is -2.14. The molecule has 0 saturated heterocycles. The van der Waals surface area contributed by atoms with E-state index in [9.17, 15) is 13.6 Å². The van der Waals surface area contributed by atoms with Gasteiger partial charge in [-0.15, -0.1) is 0 Å². The number of amides is 1. The Morgan fingerprint density at radius 2 is 1.96 bits per heavy atom. The molecule has 0 atom stereocenters. The SMILES string of the molecule is COc1cc(F)ccc1NC(=O)c1ccn(-c2ccccc2F)n1. The van der Waals surface area contributed by atoms with Crippen molar-refractivity contribution in [3.05, 3.63) is 72.1 Å². The molecule has 0 aliphatic rings. The molecule has 0 aliphatic heterocycles. The summed E-state index contributed by atoms with van der Waals surface area (Å²) < 4.78 is 33.2. The zero-order chi connectivity index (χ0) is 17.1. The van der Waals surface area contributed by atoms with Crippen LogP contribution in [-0.2, 0) is 0 Å². The Balaban J connectivity index is 1.83.